The average Bonchev–Trinajstić information content (AvgIpc) is 2.39. The monoisotopic (exact) mass is 264 g/mol. The molecule has 0 spiro atoms. The van der Waals surface area contributed by atoms with E-state index in [0.29, 0.717) is 18.3 Å². The molecule has 6 heteroatoms. The predicted molar refractivity (Wildman–Crippen MR) is 74.2 cm³/mol. The van der Waals surface area contributed by atoms with Crippen LogP contribution in [0, 0.1) is 23.0 Å². The van der Waals surface area contributed by atoms with Gasteiger partial charge >= 0.3 is 5.69 Å². The summed E-state index contributed by atoms with van der Waals surface area (Å²) in [5, 5.41) is 11.1. The van der Waals surface area contributed by atoms with Crippen LogP contribution in [0.1, 0.15) is 25.0 Å². The maximum absolute atomic E-state index is 11.1. The van der Waals surface area contributed by atoms with Crippen LogP contribution in [0.25, 0.3) is 0 Å². The van der Waals surface area contributed by atoms with Gasteiger partial charge < -0.3 is 10.6 Å². The zero-order valence-electron chi connectivity index (χ0n) is 11.2. The Morgan fingerprint density at radius 2 is 2.37 bits per heavy atom. The quantitative estimate of drug-likeness (QED) is 0.662. The third-order valence-electron chi connectivity index (χ3n) is 3.58. The van der Waals surface area contributed by atoms with E-state index in [1.54, 1.807) is 12.1 Å². The van der Waals surface area contributed by atoms with Crippen molar-refractivity contribution in [1.82, 2.24) is 4.98 Å². The van der Waals surface area contributed by atoms with E-state index in [0.717, 1.165) is 38.0 Å². The Labute approximate surface area is 112 Å². The molecule has 0 aliphatic carbocycles. The number of piperidine rings is 1. The van der Waals surface area contributed by atoms with Crippen molar-refractivity contribution in [3.63, 3.8) is 0 Å². The fourth-order valence-corrected chi connectivity index (χ4v) is 2.64. The zero-order valence-corrected chi connectivity index (χ0v) is 11.2. The summed E-state index contributed by atoms with van der Waals surface area (Å²) in [5.74, 6) is 1.02. The summed E-state index contributed by atoms with van der Waals surface area (Å²) in [7, 11) is 0. The van der Waals surface area contributed by atoms with Gasteiger partial charge in [0.25, 0.3) is 0 Å². The van der Waals surface area contributed by atoms with Crippen LogP contribution in [0.4, 0.5) is 11.5 Å². The lowest BCUT2D eigenvalue weighted by atomic mass is 9.95. The van der Waals surface area contributed by atoms with Gasteiger partial charge in [0, 0.05) is 24.8 Å². The number of aromatic nitrogens is 1. The highest BCUT2D eigenvalue weighted by molar-refractivity contribution is 5.58. The lowest BCUT2D eigenvalue weighted by Crippen LogP contribution is -2.37. The summed E-state index contributed by atoms with van der Waals surface area (Å²) in [6, 6.07) is 3.23. The van der Waals surface area contributed by atoms with Crippen molar-refractivity contribution in [2.45, 2.75) is 26.2 Å². The second-order valence-corrected chi connectivity index (χ2v) is 5.08. The van der Waals surface area contributed by atoms with Crippen molar-refractivity contribution >= 4 is 11.5 Å². The summed E-state index contributed by atoms with van der Waals surface area (Å²) in [6.45, 7) is 4.17. The Bertz CT molecular complexity index is 462. The molecule has 2 rings (SSSR count). The van der Waals surface area contributed by atoms with E-state index >= 15 is 0 Å². The molecule has 2 N–H and O–H groups in total. The second kappa shape index (κ2) is 5.97. The van der Waals surface area contributed by atoms with Gasteiger partial charge in [0.1, 0.15) is 0 Å². The highest BCUT2D eigenvalue weighted by atomic mass is 16.6. The lowest BCUT2D eigenvalue weighted by Gasteiger charge is -2.33. The maximum Gasteiger partial charge on any atom is 0.311 e. The molecule has 0 radical (unpaired) electrons. The summed E-state index contributed by atoms with van der Waals surface area (Å²) in [6.07, 6.45) is 3.15. The second-order valence-electron chi connectivity index (χ2n) is 5.08. The van der Waals surface area contributed by atoms with Crippen LogP contribution >= 0.6 is 0 Å². The number of anilines is 1. The first kappa shape index (κ1) is 13.7. The molecular formula is C13H20N4O2. The minimum atomic E-state index is -0.353. The van der Waals surface area contributed by atoms with Crippen molar-refractivity contribution in [3.8, 4) is 0 Å². The zero-order chi connectivity index (χ0) is 13.8. The maximum atomic E-state index is 11.1. The molecule has 6 nitrogen and oxygen atoms in total. The van der Waals surface area contributed by atoms with Gasteiger partial charge in [-0.25, -0.2) is 4.98 Å². The number of nitro groups is 1. The number of rotatable bonds is 4. The van der Waals surface area contributed by atoms with Crippen molar-refractivity contribution in [1.29, 1.82) is 0 Å². The fraction of sp³-hybridized carbons (Fsp3) is 0.615. The van der Waals surface area contributed by atoms with Crippen molar-refractivity contribution in [2.75, 3.05) is 24.5 Å². The van der Waals surface area contributed by atoms with Crippen LogP contribution in [-0.4, -0.2) is 29.5 Å². The number of nitrogens with zero attached hydrogens (tertiary/aromatic N) is 3. The largest absolute Gasteiger partial charge is 0.351 e. The molecule has 1 aliphatic rings. The van der Waals surface area contributed by atoms with Gasteiger partial charge in [-0.3, -0.25) is 10.1 Å². The van der Waals surface area contributed by atoms with E-state index in [4.69, 9.17) is 5.73 Å². The summed E-state index contributed by atoms with van der Waals surface area (Å²) >= 11 is 0. The molecule has 1 fully saturated rings. The van der Waals surface area contributed by atoms with Gasteiger partial charge in [-0.15, -0.1) is 0 Å². The average molecular weight is 264 g/mol. The molecule has 1 unspecified atom stereocenters. The summed E-state index contributed by atoms with van der Waals surface area (Å²) < 4.78 is 0. The summed E-state index contributed by atoms with van der Waals surface area (Å²) in [4.78, 5) is 17.2. The van der Waals surface area contributed by atoms with Crippen molar-refractivity contribution in [2.24, 2.45) is 11.7 Å². The normalized spacial score (nSPS) is 19.5. The van der Waals surface area contributed by atoms with Crippen LogP contribution in [0.15, 0.2) is 12.1 Å². The molecule has 1 saturated heterocycles. The SMILES string of the molecule is Cc1ccc([N+](=O)[O-])c(N2CCCC(CCN)C2)n1. The van der Waals surface area contributed by atoms with Crippen LogP contribution < -0.4 is 10.6 Å². The Hall–Kier alpha value is -1.69. The van der Waals surface area contributed by atoms with Crippen molar-refractivity contribution < 1.29 is 4.92 Å². The predicted octanol–water partition coefficient (Wildman–Crippen LogP) is 1.86. The van der Waals surface area contributed by atoms with Crippen LogP contribution in [0.5, 0.6) is 0 Å². The molecule has 0 bridgehead atoms. The molecule has 104 valence electrons. The highest BCUT2D eigenvalue weighted by Gasteiger charge is 2.26. The number of aryl methyl sites for hydroxylation is 1. The van der Waals surface area contributed by atoms with E-state index in [2.05, 4.69) is 4.98 Å². The standard InChI is InChI=1S/C13H20N4O2/c1-10-4-5-12(17(18)19)13(15-10)16-8-2-3-11(9-16)6-7-14/h4-5,11H,2-3,6-9,14H2,1H3. The molecule has 2 heterocycles. The third kappa shape index (κ3) is 3.20. The van der Waals surface area contributed by atoms with Gasteiger partial charge in [-0.2, -0.15) is 0 Å². The molecule has 19 heavy (non-hydrogen) atoms. The van der Waals surface area contributed by atoms with E-state index in [-0.39, 0.29) is 10.6 Å². The number of nitrogens with two attached hydrogens (primary N) is 1. The molecule has 1 atom stereocenters. The molecule has 0 aromatic carbocycles. The molecular weight excluding hydrogens is 244 g/mol. The van der Waals surface area contributed by atoms with Gasteiger partial charge in [-0.1, -0.05) is 0 Å². The van der Waals surface area contributed by atoms with E-state index in [1.165, 1.54) is 0 Å². The molecule has 1 aliphatic heterocycles. The highest BCUT2D eigenvalue weighted by Crippen LogP contribution is 2.30. The van der Waals surface area contributed by atoms with Crippen LogP contribution in [0.2, 0.25) is 0 Å². The summed E-state index contributed by atoms with van der Waals surface area (Å²) in [5.41, 5.74) is 6.51. The van der Waals surface area contributed by atoms with Gasteiger partial charge in [-0.05, 0) is 44.7 Å². The first-order chi connectivity index (χ1) is 9.11. The lowest BCUT2D eigenvalue weighted by molar-refractivity contribution is -0.384. The van der Waals surface area contributed by atoms with Crippen LogP contribution in [-0.2, 0) is 0 Å². The first-order valence-electron chi connectivity index (χ1n) is 6.69. The number of hydrogen-bond acceptors (Lipinski definition) is 5. The molecule has 0 saturated carbocycles. The van der Waals surface area contributed by atoms with E-state index in [1.807, 2.05) is 11.8 Å². The van der Waals surface area contributed by atoms with Crippen molar-refractivity contribution in [3.05, 3.63) is 27.9 Å². The number of pyridine rings is 1. The Morgan fingerprint density at radius 3 is 3.05 bits per heavy atom. The molecule has 1 aromatic rings. The molecule has 1 aromatic heterocycles. The molecule has 0 amide bonds. The minimum absolute atomic E-state index is 0.0963. The Kier molecular flexibility index (Phi) is 4.31. The topological polar surface area (TPSA) is 85.3 Å². The Balaban J connectivity index is 2.24. The van der Waals surface area contributed by atoms with Gasteiger partial charge in [0.05, 0.1) is 4.92 Å². The smallest absolute Gasteiger partial charge is 0.311 e. The Morgan fingerprint density at radius 1 is 1.58 bits per heavy atom. The van der Waals surface area contributed by atoms with E-state index < -0.39 is 0 Å². The van der Waals surface area contributed by atoms with Gasteiger partial charge in [0.15, 0.2) is 0 Å². The fourth-order valence-electron chi connectivity index (χ4n) is 2.64. The van der Waals surface area contributed by atoms with Crippen LogP contribution in [0.3, 0.4) is 0 Å². The first-order valence-corrected chi connectivity index (χ1v) is 6.69. The van der Waals surface area contributed by atoms with E-state index in [9.17, 15) is 10.1 Å². The minimum Gasteiger partial charge on any atom is -0.351 e. The van der Waals surface area contributed by atoms with Gasteiger partial charge in [0.2, 0.25) is 5.82 Å². The number of hydrogen-bond donors (Lipinski definition) is 1. The third-order valence-corrected chi connectivity index (χ3v) is 3.58.